The van der Waals surface area contributed by atoms with Crippen molar-refractivity contribution in [2.45, 2.75) is 31.1 Å². The number of nitrogens with one attached hydrogen (secondary N) is 1. The predicted octanol–water partition coefficient (Wildman–Crippen LogP) is 2.96. The zero-order valence-corrected chi connectivity index (χ0v) is 18.6. The van der Waals surface area contributed by atoms with Gasteiger partial charge in [-0.3, -0.25) is 0 Å². The fourth-order valence-electron chi connectivity index (χ4n) is 4.93. The molecule has 1 aromatic carbocycles. The van der Waals surface area contributed by atoms with Gasteiger partial charge < -0.3 is 15.0 Å². The fraction of sp³-hybridized carbons (Fsp3) is 0.391. The first-order valence-electron chi connectivity index (χ1n) is 11.3. The van der Waals surface area contributed by atoms with Crippen LogP contribution in [0.4, 0.5) is 14.6 Å². The third-order valence-electron chi connectivity index (χ3n) is 6.62. The molecule has 0 radical (unpaired) electrons. The van der Waals surface area contributed by atoms with Crippen molar-refractivity contribution < 1.29 is 13.5 Å². The number of rotatable bonds is 5. The van der Waals surface area contributed by atoms with E-state index in [1.165, 1.54) is 19.2 Å². The molecule has 4 aromatic rings. The normalized spacial score (nSPS) is 22.7. The van der Waals surface area contributed by atoms with Crippen LogP contribution in [-0.4, -0.2) is 62.5 Å². The minimum atomic E-state index is -1.07. The van der Waals surface area contributed by atoms with Crippen molar-refractivity contribution in [1.82, 2.24) is 34.9 Å². The Morgan fingerprint density at radius 2 is 2.12 bits per heavy atom. The Morgan fingerprint density at radius 3 is 2.94 bits per heavy atom. The average molecular weight is 466 g/mol. The van der Waals surface area contributed by atoms with Crippen LogP contribution >= 0.6 is 0 Å². The highest BCUT2D eigenvalue weighted by Crippen LogP contribution is 2.40. The molecule has 2 aliphatic heterocycles. The molecule has 34 heavy (non-hydrogen) atoms. The Labute approximate surface area is 194 Å². The maximum Gasteiger partial charge on any atom is 0.154 e. The van der Waals surface area contributed by atoms with Gasteiger partial charge >= 0.3 is 0 Å². The lowest BCUT2D eigenvalue weighted by molar-refractivity contribution is 0.354. The van der Waals surface area contributed by atoms with E-state index in [1.807, 2.05) is 27.9 Å². The molecule has 0 aliphatic carbocycles. The van der Waals surface area contributed by atoms with E-state index in [2.05, 4.69) is 20.6 Å². The Bertz CT molecular complexity index is 1330. The molecule has 3 atom stereocenters. The minimum Gasteiger partial charge on any atom is -0.496 e. The lowest BCUT2D eigenvalue weighted by atomic mass is 10.0. The third-order valence-corrected chi connectivity index (χ3v) is 6.62. The van der Waals surface area contributed by atoms with Crippen LogP contribution < -0.4 is 15.0 Å². The second kappa shape index (κ2) is 8.32. The van der Waals surface area contributed by atoms with Gasteiger partial charge in [0.15, 0.2) is 5.65 Å². The van der Waals surface area contributed by atoms with E-state index in [4.69, 9.17) is 9.84 Å². The van der Waals surface area contributed by atoms with Gasteiger partial charge in [-0.2, -0.15) is 0 Å². The van der Waals surface area contributed by atoms with E-state index in [1.54, 1.807) is 16.8 Å². The highest BCUT2D eigenvalue weighted by Gasteiger charge is 2.36. The molecular weight excluding hydrogens is 442 g/mol. The van der Waals surface area contributed by atoms with E-state index in [9.17, 15) is 8.78 Å². The molecule has 6 rings (SSSR count). The number of benzene rings is 1. The molecule has 5 heterocycles. The highest BCUT2D eigenvalue weighted by molar-refractivity contribution is 5.60. The van der Waals surface area contributed by atoms with Crippen LogP contribution in [0.25, 0.3) is 17.0 Å². The minimum absolute atomic E-state index is 0.151. The first kappa shape index (κ1) is 21.0. The quantitative estimate of drug-likeness (QED) is 0.484. The molecule has 176 valence electrons. The number of hydrogen-bond acceptors (Lipinski definition) is 7. The molecule has 2 fully saturated rings. The summed E-state index contributed by atoms with van der Waals surface area (Å²) in [5, 5.41) is 16.7. The van der Waals surface area contributed by atoms with Gasteiger partial charge in [0.05, 0.1) is 38.1 Å². The van der Waals surface area contributed by atoms with Crippen LogP contribution in [0.1, 0.15) is 30.5 Å². The molecule has 0 saturated carbocycles. The van der Waals surface area contributed by atoms with Crippen molar-refractivity contribution in [3.63, 3.8) is 0 Å². The summed E-state index contributed by atoms with van der Waals surface area (Å²) in [7, 11) is 1.53. The summed E-state index contributed by atoms with van der Waals surface area (Å²) in [6.07, 6.45) is 3.77. The number of nitrogens with zero attached hydrogens (tertiary/aromatic N) is 7. The van der Waals surface area contributed by atoms with E-state index < -0.39 is 12.2 Å². The van der Waals surface area contributed by atoms with E-state index >= 15 is 0 Å². The monoisotopic (exact) mass is 466 g/mol. The molecule has 3 aromatic heterocycles. The van der Waals surface area contributed by atoms with Gasteiger partial charge in [0, 0.05) is 18.5 Å². The lowest BCUT2D eigenvalue weighted by Gasteiger charge is -2.26. The molecule has 1 N–H and O–H groups in total. The number of ether oxygens (including phenoxy) is 1. The Balaban J connectivity index is 1.38. The van der Waals surface area contributed by atoms with Gasteiger partial charge in [-0.1, -0.05) is 5.21 Å². The van der Waals surface area contributed by atoms with Crippen molar-refractivity contribution in [1.29, 1.82) is 0 Å². The van der Waals surface area contributed by atoms with E-state index in [0.717, 1.165) is 19.5 Å². The average Bonchev–Trinajstić information content (AvgIpc) is 3.64. The summed E-state index contributed by atoms with van der Waals surface area (Å²) >= 11 is 0. The second-order valence-corrected chi connectivity index (χ2v) is 8.72. The van der Waals surface area contributed by atoms with Crippen molar-refractivity contribution in [2.75, 3.05) is 31.6 Å². The number of aromatic nitrogens is 6. The van der Waals surface area contributed by atoms with Crippen molar-refractivity contribution in [3.8, 4) is 17.1 Å². The largest absolute Gasteiger partial charge is 0.496 e. The Hall–Kier alpha value is -3.60. The molecule has 9 nitrogen and oxygen atoms in total. The summed E-state index contributed by atoms with van der Waals surface area (Å²) in [5.41, 5.74) is 2.61. The molecule has 2 saturated heterocycles. The van der Waals surface area contributed by atoms with Crippen LogP contribution in [0, 0.1) is 5.82 Å². The van der Waals surface area contributed by atoms with Gasteiger partial charge in [-0.15, -0.1) is 10.2 Å². The maximum absolute atomic E-state index is 14.6. The van der Waals surface area contributed by atoms with E-state index in [0.29, 0.717) is 34.2 Å². The zero-order valence-electron chi connectivity index (χ0n) is 18.6. The molecular formula is C23H24F2N8O. The van der Waals surface area contributed by atoms with Gasteiger partial charge in [0.1, 0.15) is 34.9 Å². The second-order valence-electron chi connectivity index (χ2n) is 8.72. The van der Waals surface area contributed by atoms with Gasteiger partial charge in [-0.25, -0.2) is 23.0 Å². The van der Waals surface area contributed by atoms with Crippen LogP contribution in [0.5, 0.6) is 5.75 Å². The number of halogens is 2. The summed E-state index contributed by atoms with van der Waals surface area (Å²) in [4.78, 5) is 6.30. The molecule has 0 unspecified atom stereocenters. The maximum atomic E-state index is 14.6. The SMILES string of the molecule is COc1ccc(F)cc1[C@H]1C[C@H](F)CN1c1ccc2ncc(-c3cn([C@H]4CCNC4)nn3)n2n1. The van der Waals surface area contributed by atoms with Crippen molar-refractivity contribution >= 4 is 11.5 Å². The number of imidazole rings is 1. The first-order chi connectivity index (χ1) is 16.6. The summed E-state index contributed by atoms with van der Waals surface area (Å²) in [6.45, 7) is 1.98. The van der Waals surface area contributed by atoms with Crippen molar-refractivity contribution in [3.05, 3.63) is 54.1 Å². The topological polar surface area (TPSA) is 85.4 Å². The van der Waals surface area contributed by atoms with E-state index in [-0.39, 0.29) is 24.8 Å². The molecule has 0 amide bonds. The Kier molecular flexibility index (Phi) is 5.13. The number of hydrogen-bond donors (Lipinski definition) is 1. The van der Waals surface area contributed by atoms with Crippen molar-refractivity contribution in [2.24, 2.45) is 0 Å². The molecule has 0 spiro atoms. The van der Waals surface area contributed by atoms with Crippen LogP contribution in [0.3, 0.4) is 0 Å². The number of fused-ring (bicyclic) bond motifs is 1. The first-order valence-corrected chi connectivity index (χ1v) is 11.3. The van der Waals surface area contributed by atoms with Crippen LogP contribution in [0.15, 0.2) is 42.7 Å². The predicted molar refractivity (Wildman–Crippen MR) is 121 cm³/mol. The molecule has 11 heteroatoms. The summed E-state index contributed by atoms with van der Waals surface area (Å²) in [6, 6.07) is 7.83. The molecule has 2 aliphatic rings. The summed E-state index contributed by atoms with van der Waals surface area (Å²) in [5.74, 6) is 0.697. The van der Waals surface area contributed by atoms with Gasteiger partial charge in [-0.05, 0) is 43.3 Å². The van der Waals surface area contributed by atoms with Gasteiger partial charge in [0.25, 0.3) is 0 Å². The standard InChI is InChI=1S/C23H24F2N8O/c1-34-21-3-2-14(24)8-17(21)19-9-15(25)12-31(19)23-5-4-22-27-11-20(33(22)29-23)18-13-32(30-28-18)16-6-7-26-10-16/h2-5,8,11,13,15-16,19,26H,6-7,9-10,12H2,1H3/t15-,16-,19+/m0/s1. The summed E-state index contributed by atoms with van der Waals surface area (Å²) < 4.78 is 37.7. The number of anilines is 1. The van der Waals surface area contributed by atoms with Crippen LogP contribution in [0.2, 0.25) is 0 Å². The number of methoxy groups -OCH3 is 1. The molecule has 0 bridgehead atoms. The third kappa shape index (κ3) is 3.56. The highest BCUT2D eigenvalue weighted by atomic mass is 19.1. The Morgan fingerprint density at radius 1 is 1.21 bits per heavy atom. The zero-order chi connectivity index (χ0) is 23.2. The van der Waals surface area contributed by atoms with Gasteiger partial charge in [0.2, 0.25) is 0 Å². The number of alkyl halides is 1. The fourth-order valence-corrected chi connectivity index (χ4v) is 4.93. The lowest BCUT2D eigenvalue weighted by Crippen LogP contribution is -2.25. The van der Waals surface area contributed by atoms with Crippen LogP contribution in [-0.2, 0) is 0 Å². The smallest absolute Gasteiger partial charge is 0.154 e.